The lowest BCUT2D eigenvalue weighted by Gasteiger charge is -2.23. The molecule has 0 spiro atoms. The van der Waals surface area contributed by atoms with Crippen LogP contribution in [0.1, 0.15) is 30.4 Å². The molecule has 0 aromatic heterocycles. The van der Waals surface area contributed by atoms with Crippen LogP contribution in [-0.2, 0) is 22.6 Å². The van der Waals surface area contributed by atoms with E-state index in [2.05, 4.69) is 0 Å². The van der Waals surface area contributed by atoms with E-state index in [0.717, 1.165) is 22.4 Å². The van der Waals surface area contributed by atoms with Gasteiger partial charge in [-0.2, -0.15) is 0 Å². The SMILES string of the molecule is O=C(O)[C@@H]1CC(O)(CCCc2ccccc2)CN1C(=O)OCc1ccccc1. The van der Waals surface area contributed by atoms with Crippen LogP contribution in [0.2, 0.25) is 0 Å². The molecular weight excluding hydrogens is 358 g/mol. The lowest BCUT2D eigenvalue weighted by Crippen LogP contribution is -2.41. The molecule has 6 heteroatoms. The fourth-order valence-electron chi connectivity index (χ4n) is 3.62. The van der Waals surface area contributed by atoms with Crippen LogP contribution in [0.25, 0.3) is 0 Å². The van der Waals surface area contributed by atoms with Crippen LogP contribution in [0.15, 0.2) is 60.7 Å². The van der Waals surface area contributed by atoms with Crippen molar-refractivity contribution in [2.75, 3.05) is 6.54 Å². The molecule has 2 atom stereocenters. The zero-order valence-corrected chi connectivity index (χ0v) is 15.7. The van der Waals surface area contributed by atoms with E-state index < -0.39 is 23.7 Å². The number of nitrogens with zero attached hydrogens (tertiary/aromatic N) is 1. The van der Waals surface area contributed by atoms with Gasteiger partial charge in [0.2, 0.25) is 0 Å². The van der Waals surface area contributed by atoms with Crippen LogP contribution in [0, 0.1) is 0 Å². The summed E-state index contributed by atoms with van der Waals surface area (Å²) in [7, 11) is 0. The fraction of sp³-hybridized carbons (Fsp3) is 0.364. The number of ether oxygens (including phenoxy) is 1. The van der Waals surface area contributed by atoms with Gasteiger partial charge in [0, 0.05) is 6.42 Å². The van der Waals surface area contributed by atoms with Crippen molar-refractivity contribution in [3.05, 3.63) is 71.8 Å². The van der Waals surface area contributed by atoms with Gasteiger partial charge in [-0.1, -0.05) is 60.7 Å². The lowest BCUT2D eigenvalue weighted by molar-refractivity contribution is -0.141. The quantitative estimate of drug-likeness (QED) is 0.766. The molecule has 0 saturated carbocycles. The Bertz CT molecular complexity index is 795. The Morgan fingerprint density at radius 1 is 1.04 bits per heavy atom. The first-order valence-corrected chi connectivity index (χ1v) is 9.43. The van der Waals surface area contributed by atoms with E-state index in [1.807, 2.05) is 60.7 Å². The van der Waals surface area contributed by atoms with Gasteiger partial charge in [-0.05, 0) is 30.4 Å². The minimum absolute atomic E-state index is 0.0115. The third-order valence-corrected chi connectivity index (χ3v) is 5.09. The summed E-state index contributed by atoms with van der Waals surface area (Å²) >= 11 is 0. The number of rotatable bonds is 7. The Labute approximate surface area is 164 Å². The van der Waals surface area contributed by atoms with Crippen molar-refractivity contribution < 1.29 is 24.5 Å². The number of carboxylic acid groups (broad SMARTS) is 1. The summed E-state index contributed by atoms with van der Waals surface area (Å²) in [4.78, 5) is 25.2. The number of aliphatic carboxylic acids is 1. The molecule has 0 radical (unpaired) electrons. The number of β-amino-alcohol motifs (C(OH)–C–C–N with tert-alkyl or cyclic N) is 1. The molecular formula is C22H25NO5. The van der Waals surface area contributed by atoms with Crippen LogP contribution in [0.3, 0.4) is 0 Å². The summed E-state index contributed by atoms with van der Waals surface area (Å²) in [5.41, 5.74) is 0.766. The smallest absolute Gasteiger partial charge is 0.410 e. The van der Waals surface area contributed by atoms with Gasteiger partial charge < -0.3 is 14.9 Å². The Hall–Kier alpha value is -2.86. The number of aliphatic hydroxyl groups is 1. The van der Waals surface area contributed by atoms with Crippen molar-refractivity contribution in [1.82, 2.24) is 4.90 Å². The number of amides is 1. The number of carbonyl (C=O) groups excluding carboxylic acids is 1. The first-order chi connectivity index (χ1) is 13.5. The van der Waals surface area contributed by atoms with Crippen molar-refractivity contribution in [3.8, 4) is 0 Å². The molecule has 1 heterocycles. The highest BCUT2D eigenvalue weighted by molar-refractivity contribution is 5.81. The predicted octanol–water partition coefficient (Wildman–Crippen LogP) is 3.24. The van der Waals surface area contributed by atoms with Crippen molar-refractivity contribution >= 4 is 12.1 Å². The zero-order chi connectivity index (χ0) is 20.0. The maximum Gasteiger partial charge on any atom is 0.410 e. The van der Waals surface area contributed by atoms with Gasteiger partial charge in [-0.3, -0.25) is 4.90 Å². The summed E-state index contributed by atoms with van der Waals surface area (Å²) in [6.07, 6.45) is 1.22. The van der Waals surface area contributed by atoms with Crippen LogP contribution < -0.4 is 0 Å². The van der Waals surface area contributed by atoms with Crippen LogP contribution in [0.5, 0.6) is 0 Å². The van der Waals surface area contributed by atoms with Gasteiger partial charge >= 0.3 is 12.1 Å². The normalized spacial score (nSPS) is 21.5. The molecule has 1 unspecified atom stereocenters. The van der Waals surface area contributed by atoms with Gasteiger partial charge in [-0.15, -0.1) is 0 Å². The fourth-order valence-corrected chi connectivity index (χ4v) is 3.62. The Balaban J connectivity index is 1.57. The molecule has 3 rings (SSSR count). The minimum Gasteiger partial charge on any atom is -0.480 e. The van der Waals surface area contributed by atoms with Crippen molar-refractivity contribution in [3.63, 3.8) is 0 Å². The Morgan fingerprint density at radius 3 is 2.25 bits per heavy atom. The van der Waals surface area contributed by atoms with Crippen molar-refractivity contribution in [2.45, 2.75) is 43.9 Å². The largest absolute Gasteiger partial charge is 0.480 e. The van der Waals surface area contributed by atoms with Gasteiger partial charge in [0.15, 0.2) is 0 Å². The van der Waals surface area contributed by atoms with Gasteiger partial charge in [-0.25, -0.2) is 9.59 Å². The maximum atomic E-state index is 12.4. The number of likely N-dealkylation sites (tertiary alicyclic amines) is 1. The highest BCUT2D eigenvalue weighted by Gasteiger charge is 2.48. The number of carbonyl (C=O) groups is 2. The number of benzene rings is 2. The molecule has 1 saturated heterocycles. The standard InChI is InChI=1S/C22H25NO5/c24-20(25)19-14-22(27,13-7-12-17-8-3-1-4-9-17)16-23(19)21(26)28-15-18-10-5-2-6-11-18/h1-6,8-11,19,27H,7,12-16H2,(H,24,25)/t19-,22?/m0/s1. The number of hydrogen-bond acceptors (Lipinski definition) is 4. The molecule has 0 aliphatic carbocycles. The van der Waals surface area contributed by atoms with E-state index in [0.29, 0.717) is 12.8 Å². The molecule has 1 aliphatic heterocycles. The first-order valence-electron chi connectivity index (χ1n) is 9.43. The zero-order valence-electron chi connectivity index (χ0n) is 15.7. The van der Waals surface area contributed by atoms with Gasteiger partial charge in [0.05, 0.1) is 12.1 Å². The minimum atomic E-state index is -1.22. The molecule has 2 aromatic carbocycles. The van der Waals surface area contributed by atoms with E-state index in [9.17, 15) is 19.8 Å². The molecule has 148 valence electrons. The molecule has 28 heavy (non-hydrogen) atoms. The average molecular weight is 383 g/mol. The average Bonchev–Trinajstić information content (AvgIpc) is 3.06. The Morgan fingerprint density at radius 2 is 1.64 bits per heavy atom. The summed E-state index contributed by atoms with van der Waals surface area (Å²) in [6.45, 7) is 0.0291. The van der Waals surface area contributed by atoms with E-state index in [-0.39, 0.29) is 19.6 Å². The second-order valence-electron chi connectivity index (χ2n) is 7.29. The van der Waals surface area contributed by atoms with E-state index in [1.54, 1.807) is 0 Å². The summed E-state index contributed by atoms with van der Waals surface area (Å²) in [5, 5.41) is 20.4. The maximum absolute atomic E-state index is 12.4. The summed E-state index contributed by atoms with van der Waals surface area (Å²) in [5.74, 6) is -1.13. The van der Waals surface area contributed by atoms with Crippen LogP contribution in [-0.4, -0.2) is 45.4 Å². The lowest BCUT2D eigenvalue weighted by atomic mass is 9.92. The molecule has 1 aliphatic rings. The first kappa shape index (κ1) is 19.9. The molecule has 2 aromatic rings. The summed E-state index contributed by atoms with van der Waals surface area (Å²) in [6, 6.07) is 18.0. The van der Waals surface area contributed by atoms with Gasteiger partial charge in [0.25, 0.3) is 0 Å². The van der Waals surface area contributed by atoms with E-state index >= 15 is 0 Å². The highest BCUT2D eigenvalue weighted by Crippen LogP contribution is 2.32. The van der Waals surface area contributed by atoms with Crippen LogP contribution in [0.4, 0.5) is 4.79 Å². The van der Waals surface area contributed by atoms with E-state index in [4.69, 9.17) is 4.74 Å². The predicted molar refractivity (Wildman–Crippen MR) is 104 cm³/mol. The second-order valence-corrected chi connectivity index (χ2v) is 7.29. The van der Waals surface area contributed by atoms with Crippen molar-refractivity contribution in [1.29, 1.82) is 0 Å². The topological polar surface area (TPSA) is 87.1 Å². The molecule has 0 bridgehead atoms. The second kappa shape index (κ2) is 8.89. The number of aryl methyl sites for hydroxylation is 1. The number of carboxylic acids is 1. The van der Waals surface area contributed by atoms with E-state index in [1.165, 1.54) is 0 Å². The molecule has 1 amide bonds. The number of hydrogen-bond donors (Lipinski definition) is 2. The monoisotopic (exact) mass is 383 g/mol. The molecule has 2 N–H and O–H groups in total. The van der Waals surface area contributed by atoms with Gasteiger partial charge in [0.1, 0.15) is 12.6 Å². The third-order valence-electron chi connectivity index (χ3n) is 5.09. The van der Waals surface area contributed by atoms with Crippen LogP contribution >= 0.6 is 0 Å². The van der Waals surface area contributed by atoms with Crippen molar-refractivity contribution in [2.24, 2.45) is 0 Å². The summed E-state index contributed by atoms with van der Waals surface area (Å²) < 4.78 is 5.27. The Kier molecular flexibility index (Phi) is 6.31. The third kappa shape index (κ3) is 5.10. The molecule has 6 nitrogen and oxygen atoms in total. The highest BCUT2D eigenvalue weighted by atomic mass is 16.6. The molecule has 1 fully saturated rings.